The molecule has 2 fully saturated rings. The summed E-state index contributed by atoms with van der Waals surface area (Å²) in [4.78, 5) is 2.34. The number of hydrogen-bond donors (Lipinski definition) is 2. The SMILES string of the molecule is CN1CCCC(C2(C(O)CN)COC2)C1. The molecule has 0 radical (unpaired) electrons. The average molecular weight is 214 g/mol. The van der Waals surface area contributed by atoms with Crippen LogP contribution in [0.25, 0.3) is 0 Å². The summed E-state index contributed by atoms with van der Waals surface area (Å²) >= 11 is 0. The van der Waals surface area contributed by atoms with Crippen LogP contribution in [0, 0.1) is 11.3 Å². The summed E-state index contributed by atoms with van der Waals surface area (Å²) in [6, 6.07) is 0. The molecule has 2 aliphatic rings. The van der Waals surface area contributed by atoms with Crippen molar-refractivity contribution in [2.75, 3.05) is 39.9 Å². The number of likely N-dealkylation sites (tertiary alicyclic amines) is 1. The molecule has 2 heterocycles. The second-order valence-corrected chi connectivity index (χ2v) is 5.08. The summed E-state index contributed by atoms with van der Waals surface area (Å²) < 4.78 is 5.32. The molecule has 2 rings (SSSR count). The van der Waals surface area contributed by atoms with E-state index in [1.54, 1.807) is 0 Å². The summed E-state index contributed by atoms with van der Waals surface area (Å²) in [6.07, 6.45) is 2.02. The van der Waals surface area contributed by atoms with Crippen LogP contribution in [-0.2, 0) is 4.74 Å². The molecule has 4 heteroatoms. The fourth-order valence-electron chi connectivity index (χ4n) is 2.91. The Hall–Kier alpha value is -0.160. The lowest BCUT2D eigenvalue weighted by Crippen LogP contribution is -2.61. The third-order valence-electron chi connectivity index (χ3n) is 4.07. The summed E-state index contributed by atoms with van der Waals surface area (Å²) in [6.45, 7) is 3.96. The molecule has 3 N–H and O–H groups in total. The lowest BCUT2D eigenvalue weighted by molar-refractivity contribution is -0.205. The highest BCUT2D eigenvalue weighted by atomic mass is 16.5. The molecule has 0 aromatic carbocycles. The number of piperidine rings is 1. The van der Waals surface area contributed by atoms with Crippen molar-refractivity contribution in [3.63, 3.8) is 0 Å². The summed E-state index contributed by atoms with van der Waals surface area (Å²) in [5.74, 6) is 0.545. The van der Waals surface area contributed by atoms with Gasteiger partial charge in [-0.15, -0.1) is 0 Å². The number of nitrogens with two attached hydrogens (primary N) is 1. The van der Waals surface area contributed by atoms with Gasteiger partial charge in [-0.2, -0.15) is 0 Å². The molecule has 15 heavy (non-hydrogen) atoms. The van der Waals surface area contributed by atoms with Crippen LogP contribution in [0.5, 0.6) is 0 Å². The number of ether oxygens (including phenoxy) is 1. The van der Waals surface area contributed by atoms with E-state index in [-0.39, 0.29) is 5.41 Å². The van der Waals surface area contributed by atoms with Crippen LogP contribution in [0.4, 0.5) is 0 Å². The van der Waals surface area contributed by atoms with Gasteiger partial charge in [-0.25, -0.2) is 0 Å². The first-order chi connectivity index (χ1) is 7.19. The maximum Gasteiger partial charge on any atom is 0.0765 e. The van der Waals surface area contributed by atoms with E-state index in [0.29, 0.717) is 25.7 Å². The number of nitrogens with zero attached hydrogens (tertiary/aromatic N) is 1. The van der Waals surface area contributed by atoms with Crippen molar-refractivity contribution in [2.24, 2.45) is 17.1 Å². The minimum absolute atomic E-state index is 0.0522. The molecule has 0 spiro atoms. The largest absolute Gasteiger partial charge is 0.391 e. The molecule has 2 atom stereocenters. The minimum atomic E-state index is -0.400. The molecular weight excluding hydrogens is 192 g/mol. The van der Waals surface area contributed by atoms with Crippen molar-refractivity contribution in [2.45, 2.75) is 18.9 Å². The lowest BCUT2D eigenvalue weighted by atomic mass is 9.66. The first-order valence-corrected chi connectivity index (χ1v) is 5.83. The molecule has 4 nitrogen and oxygen atoms in total. The Bertz CT molecular complexity index is 219. The Morgan fingerprint density at radius 1 is 1.60 bits per heavy atom. The molecule has 0 aromatic heterocycles. The van der Waals surface area contributed by atoms with Gasteiger partial charge in [0, 0.05) is 18.5 Å². The highest BCUT2D eigenvalue weighted by Gasteiger charge is 2.50. The summed E-state index contributed by atoms with van der Waals surface area (Å²) in [5.41, 5.74) is 5.54. The van der Waals surface area contributed by atoms with Crippen molar-refractivity contribution in [1.29, 1.82) is 0 Å². The van der Waals surface area contributed by atoms with Crippen molar-refractivity contribution < 1.29 is 9.84 Å². The third kappa shape index (κ3) is 1.91. The van der Waals surface area contributed by atoms with E-state index in [1.165, 1.54) is 19.4 Å². The van der Waals surface area contributed by atoms with Crippen LogP contribution in [0.2, 0.25) is 0 Å². The van der Waals surface area contributed by atoms with Crippen LogP contribution < -0.4 is 5.73 Å². The van der Waals surface area contributed by atoms with Crippen molar-refractivity contribution in [3.05, 3.63) is 0 Å². The second kappa shape index (κ2) is 4.37. The van der Waals surface area contributed by atoms with Crippen molar-refractivity contribution in [3.8, 4) is 0 Å². The Morgan fingerprint density at radius 3 is 2.80 bits per heavy atom. The van der Waals surface area contributed by atoms with Gasteiger partial charge >= 0.3 is 0 Å². The van der Waals surface area contributed by atoms with Crippen LogP contribution in [-0.4, -0.2) is 56.0 Å². The zero-order valence-electron chi connectivity index (χ0n) is 9.48. The number of hydrogen-bond acceptors (Lipinski definition) is 4. The Balaban J connectivity index is 2.04. The third-order valence-corrected chi connectivity index (χ3v) is 4.07. The predicted octanol–water partition coefficient (Wildman–Crippen LogP) is -0.336. The van der Waals surface area contributed by atoms with E-state index in [4.69, 9.17) is 10.5 Å². The smallest absolute Gasteiger partial charge is 0.0765 e. The molecule has 88 valence electrons. The predicted molar refractivity (Wildman–Crippen MR) is 58.5 cm³/mol. The van der Waals surface area contributed by atoms with Crippen LogP contribution >= 0.6 is 0 Å². The zero-order chi connectivity index (χ0) is 10.9. The zero-order valence-corrected chi connectivity index (χ0v) is 9.48. The minimum Gasteiger partial charge on any atom is -0.391 e. The van der Waals surface area contributed by atoms with E-state index in [1.807, 2.05) is 0 Å². The highest BCUT2D eigenvalue weighted by Crippen LogP contribution is 2.43. The Kier molecular flexibility index (Phi) is 3.30. The molecule has 0 saturated carbocycles. The maximum atomic E-state index is 10.0. The van der Waals surface area contributed by atoms with Gasteiger partial charge < -0.3 is 20.5 Å². The van der Waals surface area contributed by atoms with Gasteiger partial charge in [0.1, 0.15) is 0 Å². The summed E-state index contributed by atoms with van der Waals surface area (Å²) in [5, 5.41) is 10.0. The molecule has 2 saturated heterocycles. The standard InChI is InChI=1S/C11H22N2O2/c1-13-4-2-3-9(6-13)11(7-15-8-11)10(14)5-12/h9-10,14H,2-8,12H2,1H3. The molecular formula is C11H22N2O2. The molecule has 2 aliphatic heterocycles. The maximum absolute atomic E-state index is 10.0. The average Bonchev–Trinajstić information content (AvgIpc) is 2.16. The van der Waals surface area contributed by atoms with Crippen LogP contribution in [0.1, 0.15) is 12.8 Å². The van der Waals surface area contributed by atoms with Crippen LogP contribution in [0.3, 0.4) is 0 Å². The van der Waals surface area contributed by atoms with E-state index < -0.39 is 6.10 Å². The van der Waals surface area contributed by atoms with E-state index in [2.05, 4.69) is 11.9 Å². The molecule has 0 aliphatic carbocycles. The number of rotatable bonds is 3. The van der Waals surface area contributed by atoms with E-state index in [0.717, 1.165) is 6.54 Å². The van der Waals surface area contributed by atoms with Gasteiger partial charge in [-0.3, -0.25) is 0 Å². The van der Waals surface area contributed by atoms with E-state index in [9.17, 15) is 5.11 Å². The summed E-state index contributed by atoms with van der Waals surface area (Å²) in [7, 11) is 2.15. The quantitative estimate of drug-likeness (QED) is 0.675. The van der Waals surface area contributed by atoms with Crippen molar-refractivity contribution >= 4 is 0 Å². The monoisotopic (exact) mass is 214 g/mol. The van der Waals surface area contributed by atoms with Crippen LogP contribution in [0.15, 0.2) is 0 Å². The Labute approximate surface area is 91.4 Å². The molecule has 2 unspecified atom stereocenters. The molecule has 0 bridgehead atoms. The molecule has 0 amide bonds. The van der Waals surface area contributed by atoms with Gasteiger partial charge in [-0.05, 0) is 32.4 Å². The van der Waals surface area contributed by atoms with Gasteiger partial charge in [0.15, 0.2) is 0 Å². The van der Waals surface area contributed by atoms with Crippen molar-refractivity contribution in [1.82, 2.24) is 4.90 Å². The van der Waals surface area contributed by atoms with E-state index >= 15 is 0 Å². The molecule has 0 aromatic rings. The number of aliphatic hydroxyl groups is 1. The first-order valence-electron chi connectivity index (χ1n) is 5.83. The second-order valence-electron chi connectivity index (χ2n) is 5.08. The lowest BCUT2D eigenvalue weighted by Gasteiger charge is -2.52. The number of aliphatic hydroxyl groups excluding tert-OH is 1. The fraction of sp³-hybridized carbons (Fsp3) is 1.00. The van der Waals surface area contributed by atoms with Gasteiger partial charge in [0.25, 0.3) is 0 Å². The highest BCUT2D eigenvalue weighted by molar-refractivity contribution is 4.99. The van der Waals surface area contributed by atoms with Gasteiger partial charge in [-0.1, -0.05) is 0 Å². The Morgan fingerprint density at radius 2 is 2.33 bits per heavy atom. The van der Waals surface area contributed by atoms with Gasteiger partial charge in [0.2, 0.25) is 0 Å². The normalized spacial score (nSPS) is 33.4. The van der Waals surface area contributed by atoms with Gasteiger partial charge in [0.05, 0.1) is 19.3 Å². The first kappa shape index (κ1) is 11.3. The topological polar surface area (TPSA) is 58.7 Å². The fourth-order valence-corrected chi connectivity index (χ4v) is 2.91.